The number of hydrogen-bond donors (Lipinski definition) is 1. The summed E-state index contributed by atoms with van der Waals surface area (Å²) in [6, 6.07) is 18.2. The van der Waals surface area contributed by atoms with Gasteiger partial charge in [0.1, 0.15) is 5.60 Å². The highest BCUT2D eigenvalue weighted by Gasteiger charge is 2.59. The van der Waals surface area contributed by atoms with Crippen LogP contribution < -0.4 is 0 Å². The van der Waals surface area contributed by atoms with Gasteiger partial charge in [0.05, 0.1) is 5.92 Å². The first-order chi connectivity index (χ1) is 19.1. The van der Waals surface area contributed by atoms with Crippen molar-refractivity contribution in [3.05, 3.63) is 135 Å². The van der Waals surface area contributed by atoms with E-state index in [1.807, 2.05) is 35.0 Å². The number of carbonyl (C=O) groups is 2. The molecule has 1 saturated carbocycles. The van der Waals surface area contributed by atoms with Gasteiger partial charge in [0.25, 0.3) is 0 Å². The van der Waals surface area contributed by atoms with Crippen molar-refractivity contribution in [2.75, 3.05) is 0 Å². The Hall–Kier alpha value is -3.85. The van der Waals surface area contributed by atoms with Crippen LogP contribution in [0.3, 0.4) is 0 Å². The fourth-order valence-electron chi connectivity index (χ4n) is 6.01. The summed E-state index contributed by atoms with van der Waals surface area (Å²) < 4.78 is 0. The fraction of sp³-hybridized carbons (Fsp3) is 0.194. The monoisotopic (exact) mass is 551 g/mol. The molecule has 0 bridgehead atoms. The SMILES string of the molecule is O=C(c1ccncc1)[C@@H]1[C@H](c2cccs2)[C@@H](C(=O)c2ccncc2)[C@](O)(c2ccncc2)C[C@@H]1c1cccs1. The third-order valence-corrected chi connectivity index (χ3v) is 9.68. The van der Waals surface area contributed by atoms with Gasteiger partial charge in [0, 0.05) is 75.8 Å². The van der Waals surface area contributed by atoms with E-state index in [4.69, 9.17) is 0 Å². The molecule has 0 radical (unpaired) electrons. The molecule has 6 rings (SSSR count). The number of pyridine rings is 3. The quantitative estimate of drug-likeness (QED) is 0.244. The normalized spacial score (nSPS) is 24.7. The van der Waals surface area contributed by atoms with E-state index in [0.717, 1.165) is 9.75 Å². The largest absolute Gasteiger partial charge is 0.384 e. The van der Waals surface area contributed by atoms with Crippen molar-refractivity contribution in [2.24, 2.45) is 11.8 Å². The van der Waals surface area contributed by atoms with Crippen LogP contribution in [-0.2, 0) is 5.60 Å². The van der Waals surface area contributed by atoms with Gasteiger partial charge in [-0.05, 0) is 71.3 Å². The van der Waals surface area contributed by atoms with Gasteiger partial charge in [0.15, 0.2) is 11.6 Å². The summed E-state index contributed by atoms with van der Waals surface area (Å²) in [5.41, 5.74) is 0.0564. The lowest BCUT2D eigenvalue weighted by Crippen LogP contribution is -2.53. The van der Waals surface area contributed by atoms with Crippen LogP contribution in [0.5, 0.6) is 0 Å². The maximum atomic E-state index is 14.5. The predicted octanol–water partition coefficient (Wildman–Crippen LogP) is 6.15. The minimum Gasteiger partial charge on any atom is -0.384 e. The fourth-order valence-corrected chi connectivity index (χ4v) is 7.80. The van der Waals surface area contributed by atoms with E-state index >= 15 is 0 Å². The molecule has 6 nitrogen and oxygen atoms in total. The molecule has 5 aromatic heterocycles. The Labute approximate surface area is 234 Å². The summed E-state index contributed by atoms with van der Waals surface area (Å²) in [4.78, 5) is 43.2. The number of ketones is 2. The van der Waals surface area contributed by atoms with Crippen LogP contribution in [0.25, 0.3) is 0 Å². The summed E-state index contributed by atoms with van der Waals surface area (Å²) in [6.45, 7) is 0. The average molecular weight is 552 g/mol. The summed E-state index contributed by atoms with van der Waals surface area (Å²) in [6.07, 6.45) is 9.87. The molecule has 1 aliphatic rings. The molecule has 194 valence electrons. The van der Waals surface area contributed by atoms with Crippen LogP contribution in [-0.4, -0.2) is 31.6 Å². The van der Waals surface area contributed by atoms with Gasteiger partial charge in [-0.1, -0.05) is 12.1 Å². The molecule has 5 aromatic rings. The Morgan fingerprint density at radius 3 is 1.77 bits per heavy atom. The maximum absolute atomic E-state index is 14.5. The van der Waals surface area contributed by atoms with E-state index in [2.05, 4.69) is 15.0 Å². The zero-order valence-corrected chi connectivity index (χ0v) is 22.5. The number of aliphatic hydroxyl groups is 1. The zero-order valence-electron chi connectivity index (χ0n) is 20.8. The molecule has 0 aliphatic heterocycles. The summed E-state index contributed by atoms with van der Waals surface area (Å²) in [5.74, 6) is -2.68. The lowest BCUT2D eigenvalue weighted by atomic mass is 9.54. The second kappa shape index (κ2) is 10.7. The summed E-state index contributed by atoms with van der Waals surface area (Å²) >= 11 is 3.08. The number of rotatable bonds is 7. The first-order valence-electron chi connectivity index (χ1n) is 12.7. The topological polar surface area (TPSA) is 93.0 Å². The van der Waals surface area contributed by atoms with Gasteiger partial charge in [-0.25, -0.2) is 0 Å². The molecule has 39 heavy (non-hydrogen) atoms. The molecule has 8 heteroatoms. The van der Waals surface area contributed by atoms with Crippen LogP contribution in [0, 0.1) is 11.8 Å². The second-order valence-corrected chi connectivity index (χ2v) is 11.7. The standard InChI is InChI=1S/C31H25N3O3S2/c35-29(20-5-11-32-12-6-20)26-23(24-3-1-17-38-24)19-31(37,22-9-15-34-16-10-22)28(27(26)25-4-2-18-39-25)30(36)21-7-13-33-14-8-21/h1-18,23,26-28,37H,19H2/t23-,26+,27+,28+,31-/m1/s1. The lowest BCUT2D eigenvalue weighted by molar-refractivity contribution is -0.0681. The van der Waals surface area contributed by atoms with E-state index in [1.54, 1.807) is 84.9 Å². The van der Waals surface area contributed by atoms with E-state index in [1.165, 1.54) is 11.3 Å². The van der Waals surface area contributed by atoms with Gasteiger partial charge in [0.2, 0.25) is 0 Å². The summed E-state index contributed by atoms with van der Waals surface area (Å²) in [5, 5.41) is 16.7. The first kappa shape index (κ1) is 25.4. The van der Waals surface area contributed by atoms with Crippen LogP contribution in [0.15, 0.2) is 109 Å². The van der Waals surface area contributed by atoms with Gasteiger partial charge >= 0.3 is 0 Å². The van der Waals surface area contributed by atoms with Crippen LogP contribution >= 0.6 is 22.7 Å². The minimum atomic E-state index is -1.55. The molecule has 5 heterocycles. The molecule has 1 N–H and O–H groups in total. The Morgan fingerprint density at radius 1 is 0.718 bits per heavy atom. The van der Waals surface area contributed by atoms with Gasteiger partial charge < -0.3 is 5.11 Å². The van der Waals surface area contributed by atoms with E-state index in [-0.39, 0.29) is 23.9 Å². The number of hydrogen-bond acceptors (Lipinski definition) is 8. The minimum absolute atomic E-state index is 0.0569. The van der Waals surface area contributed by atoms with E-state index < -0.39 is 23.4 Å². The van der Waals surface area contributed by atoms with Crippen LogP contribution in [0.2, 0.25) is 0 Å². The van der Waals surface area contributed by atoms with Crippen molar-refractivity contribution in [3.63, 3.8) is 0 Å². The Morgan fingerprint density at radius 2 is 1.23 bits per heavy atom. The number of Topliss-reactive ketones (excluding diaryl/α,β-unsaturated/α-hetero) is 2. The van der Waals surface area contributed by atoms with Crippen molar-refractivity contribution in [1.82, 2.24) is 15.0 Å². The van der Waals surface area contributed by atoms with Crippen molar-refractivity contribution < 1.29 is 14.7 Å². The van der Waals surface area contributed by atoms with Crippen LogP contribution in [0.4, 0.5) is 0 Å². The highest BCUT2D eigenvalue weighted by atomic mass is 32.1. The highest BCUT2D eigenvalue weighted by Crippen LogP contribution is 2.59. The number of aromatic nitrogens is 3. The van der Waals surface area contributed by atoms with Crippen molar-refractivity contribution in [2.45, 2.75) is 23.9 Å². The molecule has 1 aliphatic carbocycles. The third kappa shape index (κ3) is 4.65. The van der Waals surface area contributed by atoms with Gasteiger partial charge in [-0.15, -0.1) is 22.7 Å². The van der Waals surface area contributed by atoms with Gasteiger partial charge in [-0.2, -0.15) is 0 Å². The van der Waals surface area contributed by atoms with Crippen molar-refractivity contribution >= 4 is 34.2 Å². The molecule has 0 spiro atoms. The zero-order chi connectivity index (χ0) is 26.8. The lowest BCUT2D eigenvalue weighted by Gasteiger charge is -2.50. The van der Waals surface area contributed by atoms with Gasteiger partial charge in [-0.3, -0.25) is 24.5 Å². The smallest absolute Gasteiger partial charge is 0.169 e. The first-order valence-corrected chi connectivity index (χ1v) is 14.4. The Bertz CT molecular complexity index is 1540. The number of carbonyl (C=O) groups excluding carboxylic acids is 2. The molecule has 1 fully saturated rings. The van der Waals surface area contributed by atoms with Crippen LogP contribution in [0.1, 0.15) is 54.3 Å². The van der Waals surface area contributed by atoms with E-state index in [0.29, 0.717) is 16.7 Å². The number of thiophene rings is 2. The molecule has 0 saturated heterocycles. The Balaban J connectivity index is 1.62. The third-order valence-electron chi connectivity index (χ3n) is 7.70. The molecule has 0 unspecified atom stereocenters. The van der Waals surface area contributed by atoms with Crippen molar-refractivity contribution in [1.29, 1.82) is 0 Å². The number of nitrogens with zero attached hydrogens (tertiary/aromatic N) is 3. The molecule has 5 atom stereocenters. The average Bonchev–Trinajstić information content (AvgIpc) is 3.73. The molecule has 0 amide bonds. The Kier molecular flexibility index (Phi) is 6.99. The van der Waals surface area contributed by atoms with E-state index in [9.17, 15) is 14.7 Å². The molecule has 0 aromatic carbocycles. The summed E-state index contributed by atoms with van der Waals surface area (Å²) in [7, 11) is 0. The molecular formula is C31H25N3O3S2. The second-order valence-electron chi connectivity index (χ2n) is 9.73. The molecular weight excluding hydrogens is 526 g/mol. The maximum Gasteiger partial charge on any atom is 0.169 e. The highest BCUT2D eigenvalue weighted by molar-refractivity contribution is 7.10. The predicted molar refractivity (Wildman–Crippen MR) is 151 cm³/mol. The van der Waals surface area contributed by atoms with Crippen molar-refractivity contribution in [3.8, 4) is 0 Å².